The zero-order chi connectivity index (χ0) is 29.6. The molecule has 0 aromatic heterocycles. The number of fused-ring (bicyclic) bond motifs is 3. The number of benzene rings is 2. The number of nitrogens with one attached hydrogen (secondary N) is 2. The molecule has 0 radical (unpaired) electrons. The van der Waals surface area contributed by atoms with Crippen molar-refractivity contribution < 1.29 is 33.8 Å². The van der Waals surface area contributed by atoms with Crippen molar-refractivity contribution in [2.75, 3.05) is 26.2 Å². The van der Waals surface area contributed by atoms with Gasteiger partial charge in [0.1, 0.15) is 18.2 Å². The summed E-state index contributed by atoms with van der Waals surface area (Å²) in [5.74, 6) is -1.63. The van der Waals surface area contributed by atoms with E-state index in [1.807, 2.05) is 69.3 Å². The van der Waals surface area contributed by atoms with Crippen LogP contribution in [-0.2, 0) is 19.1 Å². The Kier molecular flexibility index (Phi) is 9.52. The molecule has 10 heteroatoms. The van der Waals surface area contributed by atoms with E-state index in [-0.39, 0.29) is 43.3 Å². The van der Waals surface area contributed by atoms with Crippen LogP contribution in [0.4, 0.5) is 9.59 Å². The van der Waals surface area contributed by atoms with E-state index < -0.39 is 23.7 Å². The SMILES string of the molecule is CC(C)(C)OC(=O)N1CCC[C@H](CNC(=O)CC[C@H](NC(=O)OCC2c3ccccc3-c3ccccc32)C(=O)O)C1. The largest absolute Gasteiger partial charge is 0.480 e. The van der Waals surface area contributed by atoms with E-state index in [0.717, 1.165) is 35.1 Å². The number of amides is 3. The first-order valence-electron chi connectivity index (χ1n) is 14.1. The molecule has 10 nitrogen and oxygen atoms in total. The molecule has 2 aromatic rings. The minimum atomic E-state index is -1.27. The molecule has 1 aliphatic carbocycles. The number of likely N-dealkylation sites (tertiary alicyclic amines) is 1. The van der Waals surface area contributed by atoms with Gasteiger partial charge in [0, 0.05) is 32.0 Å². The van der Waals surface area contributed by atoms with Crippen molar-refractivity contribution in [1.29, 1.82) is 0 Å². The topological polar surface area (TPSA) is 134 Å². The highest BCUT2D eigenvalue weighted by Gasteiger charge is 2.31. The number of aliphatic carboxylic acids is 1. The van der Waals surface area contributed by atoms with Crippen molar-refractivity contribution in [2.24, 2.45) is 5.92 Å². The number of carboxylic acids is 1. The second-order valence-electron chi connectivity index (χ2n) is 11.6. The molecule has 2 aromatic carbocycles. The standard InChI is InChI=1S/C31H39N3O7/c1-31(2,3)41-30(39)34-16-8-9-20(18-34)17-32-27(35)15-14-26(28(36)37)33-29(38)40-19-25-23-12-6-4-10-21(23)22-11-5-7-13-24(22)25/h4-7,10-13,20,25-26H,8-9,14-19H2,1-3H3,(H,32,35)(H,33,38)(H,36,37)/t20-,26+/m1/s1. The Morgan fingerprint density at radius 2 is 1.66 bits per heavy atom. The minimum absolute atomic E-state index is 0.0639. The molecule has 2 aliphatic rings. The average Bonchev–Trinajstić information content (AvgIpc) is 3.25. The van der Waals surface area contributed by atoms with Crippen molar-refractivity contribution in [3.8, 4) is 11.1 Å². The molecule has 0 saturated carbocycles. The van der Waals surface area contributed by atoms with Crippen LogP contribution in [0.15, 0.2) is 48.5 Å². The number of rotatable bonds is 9. The third-order valence-electron chi connectivity index (χ3n) is 7.35. The number of hydrogen-bond donors (Lipinski definition) is 3. The predicted octanol–water partition coefficient (Wildman–Crippen LogP) is 4.52. The van der Waals surface area contributed by atoms with Gasteiger partial charge in [-0.2, -0.15) is 0 Å². The molecule has 1 saturated heterocycles. The Labute approximate surface area is 240 Å². The summed E-state index contributed by atoms with van der Waals surface area (Å²) in [4.78, 5) is 50.8. The summed E-state index contributed by atoms with van der Waals surface area (Å²) in [5, 5.41) is 14.8. The first-order valence-corrected chi connectivity index (χ1v) is 14.1. The quantitative estimate of drug-likeness (QED) is 0.407. The van der Waals surface area contributed by atoms with Gasteiger partial charge in [-0.3, -0.25) is 4.79 Å². The van der Waals surface area contributed by atoms with Crippen LogP contribution >= 0.6 is 0 Å². The van der Waals surface area contributed by atoms with Crippen LogP contribution in [0.2, 0.25) is 0 Å². The minimum Gasteiger partial charge on any atom is -0.480 e. The molecule has 1 aliphatic heterocycles. The zero-order valence-corrected chi connectivity index (χ0v) is 23.9. The van der Waals surface area contributed by atoms with Crippen molar-refractivity contribution in [3.05, 3.63) is 59.7 Å². The molecule has 41 heavy (non-hydrogen) atoms. The van der Waals surface area contributed by atoms with Crippen LogP contribution in [-0.4, -0.2) is 72.0 Å². The molecular weight excluding hydrogens is 526 g/mol. The molecule has 3 amide bonds. The maximum atomic E-state index is 12.5. The first kappa shape index (κ1) is 29.9. The van der Waals surface area contributed by atoms with Gasteiger partial charge in [0.15, 0.2) is 0 Å². The fourth-order valence-electron chi connectivity index (χ4n) is 5.39. The Balaban J connectivity index is 1.22. The second kappa shape index (κ2) is 13.1. The van der Waals surface area contributed by atoms with Gasteiger partial charge in [-0.1, -0.05) is 48.5 Å². The number of carboxylic acid groups (broad SMARTS) is 1. The number of nitrogens with zero attached hydrogens (tertiary/aromatic N) is 1. The lowest BCUT2D eigenvalue weighted by molar-refractivity contribution is -0.139. The van der Waals surface area contributed by atoms with Crippen molar-refractivity contribution in [3.63, 3.8) is 0 Å². The van der Waals surface area contributed by atoms with E-state index >= 15 is 0 Å². The van der Waals surface area contributed by atoms with Gasteiger partial charge in [-0.15, -0.1) is 0 Å². The van der Waals surface area contributed by atoms with Gasteiger partial charge in [0.2, 0.25) is 5.91 Å². The number of carbonyl (C=O) groups is 4. The number of alkyl carbamates (subject to hydrolysis) is 1. The van der Waals surface area contributed by atoms with E-state index in [1.54, 1.807) is 4.90 Å². The lowest BCUT2D eigenvalue weighted by Crippen LogP contribution is -2.46. The highest BCUT2D eigenvalue weighted by atomic mass is 16.6. The lowest BCUT2D eigenvalue weighted by Gasteiger charge is -2.34. The monoisotopic (exact) mass is 565 g/mol. The molecule has 0 unspecified atom stereocenters. The summed E-state index contributed by atoms with van der Waals surface area (Å²) in [6, 6.07) is 14.6. The molecule has 3 N–H and O–H groups in total. The van der Waals surface area contributed by atoms with E-state index in [1.165, 1.54) is 0 Å². The highest BCUT2D eigenvalue weighted by molar-refractivity contribution is 5.82. The molecule has 4 rings (SSSR count). The third-order valence-corrected chi connectivity index (χ3v) is 7.35. The summed E-state index contributed by atoms with van der Waals surface area (Å²) >= 11 is 0. The van der Waals surface area contributed by atoms with E-state index in [2.05, 4.69) is 10.6 Å². The molecule has 0 spiro atoms. The average molecular weight is 566 g/mol. The summed E-state index contributed by atoms with van der Waals surface area (Å²) in [5.41, 5.74) is 3.72. The Hall–Kier alpha value is -4.08. The molecular formula is C31H39N3O7. The first-order chi connectivity index (χ1) is 19.5. The maximum Gasteiger partial charge on any atom is 0.410 e. The van der Waals surface area contributed by atoms with Gasteiger partial charge in [0.05, 0.1) is 0 Å². The third kappa shape index (κ3) is 7.99. The van der Waals surface area contributed by atoms with E-state index in [4.69, 9.17) is 9.47 Å². The Morgan fingerprint density at radius 1 is 1.02 bits per heavy atom. The smallest absolute Gasteiger partial charge is 0.410 e. The lowest BCUT2D eigenvalue weighted by atomic mass is 9.98. The van der Waals surface area contributed by atoms with Crippen LogP contribution in [0, 0.1) is 5.92 Å². The Bertz CT molecular complexity index is 1230. The summed E-state index contributed by atoms with van der Waals surface area (Å²) in [6.45, 7) is 6.99. The van der Waals surface area contributed by atoms with Crippen molar-refractivity contribution in [1.82, 2.24) is 15.5 Å². The van der Waals surface area contributed by atoms with Gasteiger partial charge >= 0.3 is 18.2 Å². The van der Waals surface area contributed by atoms with Gasteiger partial charge in [-0.05, 0) is 68.2 Å². The molecule has 220 valence electrons. The number of piperidine rings is 1. The van der Waals surface area contributed by atoms with Gasteiger partial charge < -0.3 is 30.1 Å². The van der Waals surface area contributed by atoms with Crippen LogP contribution < -0.4 is 10.6 Å². The molecule has 1 fully saturated rings. The van der Waals surface area contributed by atoms with Crippen molar-refractivity contribution >= 4 is 24.1 Å². The van der Waals surface area contributed by atoms with E-state index in [0.29, 0.717) is 19.6 Å². The molecule has 0 bridgehead atoms. The molecule has 1 heterocycles. The van der Waals surface area contributed by atoms with Crippen molar-refractivity contribution in [2.45, 2.75) is 64.0 Å². The van der Waals surface area contributed by atoms with Gasteiger partial charge in [-0.25, -0.2) is 14.4 Å². The molecule has 2 atom stereocenters. The number of ether oxygens (including phenoxy) is 2. The predicted molar refractivity (Wildman–Crippen MR) is 152 cm³/mol. The van der Waals surface area contributed by atoms with Crippen LogP contribution in [0.1, 0.15) is 63.5 Å². The maximum absolute atomic E-state index is 12.5. The zero-order valence-electron chi connectivity index (χ0n) is 23.9. The summed E-state index contributed by atoms with van der Waals surface area (Å²) in [7, 11) is 0. The highest BCUT2D eigenvalue weighted by Crippen LogP contribution is 2.44. The fourth-order valence-corrected chi connectivity index (χ4v) is 5.39. The van der Waals surface area contributed by atoms with Crippen LogP contribution in [0.5, 0.6) is 0 Å². The Morgan fingerprint density at radius 3 is 2.27 bits per heavy atom. The van der Waals surface area contributed by atoms with Crippen LogP contribution in [0.25, 0.3) is 11.1 Å². The number of hydrogen-bond acceptors (Lipinski definition) is 6. The summed E-state index contributed by atoms with van der Waals surface area (Å²) < 4.78 is 10.9. The summed E-state index contributed by atoms with van der Waals surface area (Å²) in [6.07, 6.45) is 0.302. The number of carbonyl (C=O) groups excluding carboxylic acids is 3. The van der Waals surface area contributed by atoms with Gasteiger partial charge in [0.25, 0.3) is 0 Å². The normalized spacial score (nSPS) is 17.1. The second-order valence-corrected chi connectivity index (χ2v) is 11.6. The van der Waals surface area contributed by atoms with E-state index in [9.17, 15) is 24.3 Å². The van der Waals surface area contributed by atoms with Crippen LogP contribution in [0.3, 0.4) is 0 Å². The fraction of sp³-hybridized carbons (Fsp3) is 0.484.